The van der Waals surface area contributed by atoms with Crippen molar-refractivity contribution in [2.75, 3.05) is 19.0 Å². The van der Waals surface area contributed by atoms with Crippen LogP contribution in [0, 0.1) is 0 Å². The lowest BCUT2D eigenvalue weighted by Gasteiger charge is -2.12. The molecule has 0 heterocycles. The van der Waals surface area contributed by atoms with E-state index in [1.807, 2.05) is 12.1 Å². The summed E-state index contributed by atoms with van der Waals surface area (Å²) in [6, 6.07) is 20.4. The number of nitrogens with one attached hydrogen (secondary N) is 2. The largest absolute Gasteiger partial charge is 0.495 e. The van der Waals surface area contributed by atoms with E-state index in [1.165, 1.54) is 16.3 Å². The van der Waals surface area contributed by atoms with E-state index in [0.717, 1.165) is 25.1 Å². The van der Waals surface area contributed by atoms with Gasteiger partial charge in [0.25, 0.3) is 0 Å². The number of halogens is 1. The van der Waals surface area contributed by atoms with Crippen LogP contribution in [0.25, 0.3) is 10.8 Å². The topological polar surface area (TPSA) is 33.3 Å². The van der Waals surface area contributed by atoms with Gasteiger partial charge in [-0.1, -0.05) is 54.1 Å². The van der Waals surface area contributed by atoms with Crippen molar-refractivity contribution in [2.24, 2.45) is 0 Å². The number of rotatable bonds is 6. The minimum atomic E-state index is 0.552. The molecule has 0 aliphatic rings. The average molecular weight is 385 g/mol. The summed E-state index contributed by atoms with van der Waals surface area (Å²) in [4.78, 5) is 0. The fourth-order valence-electron chi connectivity index (χ4n) is 2.91. The molecule has 0 saturated heterocycles. The van der Waals surface area contributed by atoms with Crippen molar-refractivity contribution in [3.63, 3.8) is 0 Å². The summed E-state index contributed by atoms with van der Waals surface area (Å²) in [7, 11) is 1.59. The number of hydrogen-bond acceptors (Lipinski definition) is 2. The Balaban J connectivity index is 1.49. The van der Waals surface area contributed by atoms with Crippen LogP contribution in [0.1, 0.15) is 12.0 Å². The predicted molar refractivity (Wildman–Crippen MR) is 114 cm³/mol. The molecule has 0 atom stereocenters. The van der Waals surface area contributed by atoms with E-state index in [2.05, 4.69) is 53.1 Å². The molecule has 0 fully saturated rings. The Morgan fingerprint density at radius 2 is 1.88 bits per heavy atom. The molecular weight excluding hydrogens is 364 g/mol. The fraction of sp³-hybridized carbons (Fsp3) is 0.190. The minimum Gasteiger partial charge on any atom is -0.495 e. The highest BCUT2D eigenvalue weighted by atomic mass is 35.5. The molecule has 2 N–H and O–H groups in total. The summed E-state index contributed by atoms with van der Waals surface area (Å²) in [5.74, 6) is 0.645. The van der Waals surface area contributed by atoms with Crippen molar-refractivity contribution in [2.45, 2.75) is 12.8 Å². The summed E-state index contributed by atoms with van der Waals surface area (Å²) in [5, 5.41) is 10.1. The van der Waals surface area contributed by atoms with Gasteiger partial charge in [-0.2, -0.15) is 0 Å². The number of aryl methyl sites for hydroxylation is 1. The Bertz CT molecular complexity index is 908. The van der Waals surface area contributed by atoms with Gasteiger partial charge in [-0.25, -0.2) is 0 Å². The summed E-state index contributed by atoms with van der Waals surface area (Å²) in [5.41, 5.74) is 2.20. The van der Waals surface area contributed by atoms with Gasteiger partial charge in [0.2, 0.25) is 0 Å². The second kappa shape index (κ2) is 8.88. The summed E-state index contributed by atoms with van der Waals surface area (Å²) >= 11 is 11.5. The molecule has 5 heteroatoms. The molecule has 0 saturated carbocycles. The van der Waals surface area contributed by atoms with Gasteiger partial charge in [0.1, 0.15) is 5.75 Å². The SMILES string of the molecule is COc1ccc(NC(=S)NCCCc2cccc3ccccc23)cc1Cl. The van der Waals surface area contributed by atoms with Crippen molar-refractivity contribution in [3.8, 4) is 5.75 Å². The molecule has 0 bridgehead atoms. The van der Waals surface area contributed by atoms with E-state index >= 15 is 0 Å². The molecule has 26 heavy (non-hydrogen) atoms. The van der Waals surface area contributed by atoms with Crippen molar-refractivity contribution in [3.05, 3.63) is 71.2 Å². The highest BCUT2D eigenvalue weighted by Gasteiger charge is 2.04. The quantitative estimate of drug-likeness (QED) is 0.439. The summed E-state index contributed by atoms with van der Waals surface area (Å²) in [6.07, 6.45) is 2.00. The number of methoxy groups -OCH3 is 1. The first-order chi connectivity index (χ1) is 12.7. The third-order valence-corrected chi connectivity index (χ3v) is 4.74. The van der Waals surface area contributed by atoms with Crippen LogP contribution in [-0.4, -0.2) is 18.8 Å². The first-order valence-corrected chi connectivity index (χ1v) is 9.31. The maximum absolute atomic E-state index is 6.13. The average Bonchev–Trinajstić information content (AvgIpc) is 2.65. The van der Waals surface area contributed by atoms with Crippen LogP contribution in [0.5, 0.6) is 5.75 Å². The van der Waals surface area contributed by atoms with E-state index in [9.17, 15) is 0 Å². The fourth-order valence-corrected chi connectivity index (χ4v) is 3.39. The minimum absolute atomic E-state index is 0.552. The maximum Gasteiger partial charge on any atom is 0.170 e. The van der Waals surface area contributed by atoms with Crippen LogP contribution in [0.3, 0.4) is 0 Å². The van der Waals surface area contributed by atoms with E-state index in [4.69, 9.17) is 28.6 Å². The molecule has 0 aliphatic carbocycles. The molecule has 134 valence electrons. The van der Waals surface area contributed by atoms with Gasteiger partial charge < -0.3 is 15.4 Å². The zero-order valence-electron chi connectivity index (χ0n) is 14.6. The van der Waals surface area contributed by atoms with Gasteiger partial charge in [0, 0.05) is 12.2 Å². The van der Waals surface area contributed by atoms with Gasteiger partial charge in [-0.3, -0.25) is 0 Å². The Morgan fingerprint density at radius 1 is 1.08 bits per heavy atom. The molecule has 0 radical (unpaired) electrons. The molecule has 0 amide bonds. The molecule has 3 nitrogen and oxygen atoms in total. The number of thiocarbonyl (C=S) groups is 1. The lowest BCUT2D eigenvalue weighted by atomic mass is 10.0. The number of anilines is 1. The van der Waals surface area contributed by atoms with E-state index < -0.39 is 0 Å². The molecular formula is C21H21ClN2OS. The van der Waals surface area contributed by atoms with Crippen LogP contribution in [0.4, 0.5) is 5.69 Å². The van der Waals surface area contributed by atoms with Gasteiger partial charge in [-0.15, -0.1) is 0 Å². The number of benzene rings is 3. The first kappa shape index (κ1) is 18.5. The van der Waals surface area contributed by atoms with Crippen molar-refractivity contribution in [1.82, 2.24) is 5.32 Å². The first-order valence-electron chi connectivity index (χ1n) is 8.52. The Kier molecular flexibility index (Phi) is 6.31. The van der Waals surface area contributed by atoms with Crippen molar-refractivity contribution < 1.29 is 4.74 Å². The third-order valence-electron chi connectivity index (χ3n) is 4.20. The van der Waals surface area contributed by atoms with Crippen LogP contribution in [0.15, 0.2) is 60.7 Å². The molecule has 3 aromatic carbocycles. The van der Waals surface area contributed by atoms with Gasteiger partial charge in [-0.05, 0) is 59.6 Å². The Morgan fingerprint density at radius 3 is 2.69 bits per heavy atom. The number of hydrogen-bond donors (Lipinski definition) is 2. The van der Waals surface area contributed by atoms with Gasteiger partial charge in [0.15, 0.2) is 5.11 Å². The summed E-state index contributed by atoms with van der Waals surface area (Å²) in [6.45, 7) is 0.805. The normalized spacial score (nSPS) is 10.5. The third kappa shape index (κ3) is 4.65. The molecule has 0 aromatic heterocycles. The highest BCUT2D eigenvalue weighted by molar-refractivity contribution is 7.80. The van der Waals surface area contributed by atoms with Crippen molar-refractivity contribution in [1.29, 1.82) is 0 Å². The monoisotopic (exact) mass is 384 g/mol. The molecule has 3 aromatic rings. The van der Waals surface area contributed by atoms with Crippen LogP contribution in [-0.2, 0) is 6.42 Å². The van der Waals surface area contributed by atoms with E-state index in [-0.39, 0.29) is 0 Å². The standard InChI is InChI=1S/C21H21ClN2OS/c1-25-20-12-11-17(14-19(20)22)24-21(26)23-13-5-9-16-8-4-7-15-6-2-3-10-18(15)16/h2-4,6-8,10-12,14H,5,9,13H2,1H3,(H2,23,24,26). The van der Waals surface area contributed by atoms with Crippen LogP contribution in [0.2, 0.25) is 5.02 Å². The second-order valence-electron chi connectivity index (χ2n) is 5.97. The summed E-state index contributed by atoms with van der Waals surface area (Å²) < 4.78 is 5.15. The number of fused-ring (bicyclic) bond motifs is 1. The van der Waals surface area contributed by atoms with Crippen LogP contribution < -0.4 is 15.4 Å². The predicted octanol–water partition coefficient (Wildman–Crippen LogP) is 5.42. The van der Waals surface area contributed by atoms with Gasteiger partial charge in [0.05, 0.1) is 12.1 Å². The van der Waals surface area contributed by atoms with E-state index in [0.29, 0.717) is 15.9 Å². The molecule has 0 aliphatic heterocycles. The maximum atomic E-state index is 6.13. The van der Waals surface area contributed by atoms with Gasteiger partial charge >= 0.3 is 0 Å². The Labute approximate surface area is 164 Å². The van der Waals surface area contributed by atoms with Crippen molar-refractivity contribution >= 4 is 45.4 Å². The zero-order chi connectivity index (χ0) is 18.4. The van der Waals surface area contributed by atoms with Crippen LogP contribution >= 0.6 is 23.8 Å². The lowest BCUT2D eigenvalue weighted by Crippen LogP contribution is -2.29. The molecule has 3 rings (SSSR count). The second-order valence-corrected chi connectivity index (χ2v) is 6.79. The van der Waals surface area contributed by atoms with E-state index in [1.54, 1.807) is 13.2 Å². The molecule has 0 spiro atoms. The zero-order valence-corrected chi connectivity index (χ0v) is 16.2. The lowest BCUT2D eigenvalue weighted by molar-refractivity contribution is 0.415. The Hall–Kier alpha value is -2.30. The number of ether oxygens (including phenoxy) is 1. The smallest absolute Gasteiger partial charge is 0.170 e. The molecule has 0 unspecified atom stereocenters. The highest BCUT2D eigenvalue weighted by Crippen LogP contribution is 2.27.